The molecular weight excluding hydrogens is 403 g/mol. The Morgan fingerprint density at radius 1 is 1.25 bits per heavy atom. The zero-order valence-electron chi connectivity index (χ0n) is 14.8. The quantitative estimate of drug-likeness (QED) is 0.594. The monoisotopic (exact) mass is 415 g/mol. The average molecular weight is 416 g/mol. The molecule has 3 aromatic rings. The number of aromatic nitrogens is 3. The number of rotatable bonds is 4. The minimum Gasteiger partial charge on any atom is -0.479 e. The van der Waals surface area contributed by atoms with Gasteiger partial charge in [-0.15, -0.1) is 5.10 Å². The maximum atomic E-state index is 13.5. The molecule has 0 bridgehead atoms. The predicted octanol–water partition coefficient (Wildman–Crippen LogP) is 4.21. The van der Waals surface area contributed by atoms with Crippen LogP contribution in [0.4, 0.5) is 13.2 Å². The summed E-state index contributed by atoms with van der Waals surface area (Å²) in [5, 5.41) is 7.61. The molecule has 1 aromatic carbocycles. The second-order valence-electron chi connectivity index (χ2n) is 5.62. The summed E-state index contributed by atoms with van der Waals surface area (Å²) in [7, 11) is 3.63. The molecule has 0 unspecified atom stereocenters. The van der Waals surface area contributed by atoms with Crippen LogP contribution in [0.1, 0.15) is 15.9 Å². The number of nitrogens with zero attached hydrogens (tertiary/aromatic N) is 3. The maximum absolute atomic E-state index is 13.5. The topological polar surface area (TPSA) is 79.4 Å². The fraction of sp³-hybridized carbons (Fsp3) is 0.235. The van der Waals surface area contributed by atoms with Crippen molar-refractivity contribution in [3.05, 3.63) is 40.4 Å². The van der Waals surface area contributed by atoms with Gasteiger partial charge in [-0.25, -0.2) is 4.79 Å². The number of carbonyl (C=O) groups excluding carboxylic acids is 1. The molecule has 0 amide bonds. The van der Waals surface area contributed by atoms with E-state index in [-0.39, 0.29) is 27.7 Å². The fourth-order valence-electron chi connectivity index (χ4n) is 2.66. The van der Waals surface area contributed by atoms with Crippen molar-refractivity contribution in [2.75, 3.05) is 14.2 Å². The lowest BCUT2D eigenvalue weighted by Gasteiger charge is -2.07. The van der Waals surface area contributed by atoms with Crippen LogP contribution in [0.25, 0.3) is 22.7 Å². The molecule has 2 aromatic heterocycles. The Morgan fingerprint density at radius 3 is 2.57 bits per heavy atom. The molecule has 7 nitrogen and oxygen atoms in total. The summed E-state index contributed by atoms with van der Waals surface area (Å²) < 4.78 is 56.0. The number of aryl methyl sites for hydroxylation is 1. The van der Waals surface area contributed by atoms with Gasteiger partial charge in [0, 0.05) is 18.7 Å². The highest BCUT2D eigenvalue weighted by Gasteiger charge is 2.42. The van der Waals surface area contributed by atoms with Crippen LogP contribution in [0.2, 0.25) is 5.02 Å². The van der Waals surface area contributed by atoms with E-state index in [2.05, 4.69) is 15.0 Å². The van der Waals surface area contributed by atoms with E-state index in [9.17, 15) is 18.0 Å². The first-order valence-electron chi connectivity index (χ1n) is 7.70. The zero-order valence-corrected chi connectivity index (χ0v) is 15.6. The molecule has 0 aliphatic heterocycles. The summed E-state index contributed by atoms with van der Waals surface area (Å²) in [6.07, 6.45) is -4.72. The average Bonchev–Trinajstić information content (AvgIpc) is 3.25. The first-order valence-corrected chi connectivity index (χ1v) is 8.08. The number of esters is 1. The number of benzene rings is 1. The van der Waals surface area contributed by atoms with Crippen molar-refractivity contribution in [1.29, 1.82) is 0 Å². The predicted molar refractivity (Wildman–Crippen MR) is 92.0 cm³/mol. The molecular formula is C17H13ClF3N3O4. The van der Waals surface area contributed by atoms with Crippen molar-refractivity contribution < 1.29 is 32.0 Å². The maximum Gasteiger partial charge on any atom is 0.423 e. The van der Waals surface area contributed by atoms with Gasteiger partial charge in [0.1, 0.15) is 17.0 Å². The third kappa shape index (κ3) is 3.42. The van der Waals surface area contributed by atoms with E-state index in [0.717, 1.165) is 11.8 Å². The Kier molecular flexibility index (Phi) is 5.07. The fourth-order valence-corrected chi connectivity index (χ4v) is 2.85. The van der Waals surface area contributed by atoms with Gasteiger partial charge < -0.3 is 14.0 Å². The first-order chi connectivity index (χ1) is 13.2. The second-order valence-corrected chi connectivity index (χ2v) is 6.02. The number of carbonyl (C=O) groups is 1. The van der Waals surface area contributed by atoms with Crippen molar-refractivity contribution in [2.45, 2.75) is 6.18 Å². The van der Waals surface area contributed by atoms with Gasteiger partial charge in [-0.2, -0.15) is 13.2 Å². The van der Waals surface area contributed by atoms with E-state index in [1.165, 1.54) is 38.4 Å². The molecule has 3 rings (SSSR count). The molecule has 0 atom stereocenters. The summed E-state index contributed by atoms with van der Waals surface area (Å²) in [6, 6.07) is 5.68. The molecule has 0 saturated heterocycles. The van der Waals surface area contributed by atoms with E-state index in [4.69, 9.17) is 20.9 Å². The smallest absolute Gasteiger partial charge is 0.423 e. The van der Waals surface area contributed by atoms with Gasteiger partial charge in [-0.05, 0) is 18.2 Å². The SMILES string of the molecule is COC(=O)c1cc(-c2cc(-c3c(C(F)(F)F)c(OC)nn3C)no2)ccc1Cl. The number of methoxy groups -OCH3 is 2. The van der Waals surface area contributed by atoms with Crippen molar-refractivity contribution in [1.82, 2.24) is 14.9 Å². The lowest BCUT2D eigenvalue weighted by Crippen LogP contribution is -2.08. The van der Waals surface area contributed by atoms with Gasteiger partial charge in [0.25, 0.3) is 0 Å². The van der Waals surface area contributed by atoms with Gasteiger partial charge in [0.15, 0.2) is 5.76 Å². The number of halogens is 4. The van der Waals surface area contributed by atoms with Crippen LogP contribution in [0.15, 0.2) is 28.8 Å². The summed E-state index contributed by atoms with van der Waals surface area (Å²) >= 11 is 5.97. The Balaban J connectivity index is 2.10. The van der Waals surface area contributed by atoms with Crippen molar-refractivity contribution in [3.63, 3.8) is 0 Å². The van der Waals surface area contributed by atoms with Crippen LogP contribution >= 0.6 is 11.6 Å². The van der Waals surface area contributed by atoms with Crippen LogP contribution in [0, 0.1) is 0 Å². The zero-order chi connectivity index (χ0) is 20.6. The molecule has 28 heavy (non-hydrogen) atoms. The van der Waals surface area contributed by atoms with Gasteiger partial charge in [-0.3, -0.25) is 4.68 Å². The third-order valence-electron chi connectivity index (χ3n) is 3.90. The van der Waals surface area contributed by atoms with E-state index >= 15 is 0 Å². The van der Waals surface area contributed by atoms with Crippen molar-refractivity contribution in [3.8, 4) is 28.6 Å². The van der Waals surface area contributed by atoms with Crippen LogP contribution in [-0.2, 0) is 18.0 Å². The molecule has 0 radical (unpaired) electrons. The van der Waals surface area contributed by atoms with Crippen LogP contribution in [0.5, 0.6) is 5.88 Å². The molecule has 0 N–H and O–H groups in total. The minimum atomic E-state index is -4.72. The summed E-state index contributed by atoms with van der Waals surface area (Å²) in [6.45, 7) is 0. The molecule has 0 spiro atoms. The Hall–Kier alpha value is -3.01. The standard InChI is InChI=1S/C17H13ClF3N3O4/c1-24-14(13(17(19,20)21)15(22-24)26-2)11-7-12(28-23-11)8-4-5-10(18)9(6-8)16(25)27-3/h4-7H,1-3H3. The molecule has 0 saturated carbocycles. The summed E-state index contributed by atoms with van der Waals surface area (Å²) in [5.41, 5.74) is -1.02. The number of hydrogen-bond donors (Lipinski definition) is 0. The van der Waals surface area contributed by atoms with E-state index in [0.29, 0.717) is 5.56 Å². The highest BCUT2D eigenvalue weighted by molar-refractivity contribution is 6.33. The molecule has 148 valence electrons. The second kappa shape index (κ2) is 7.19. The number of ether oxygens (including phenoxy) is 2. The summed E-state index contributed by atoms with van der Waals surface area (Å²) in [4.78, 5) is 11.8. The molecule has 0 aliphatic carbocycles. The van der Waals surface area contributed by atoms with Gasteiger partial charge >= 0.3 is 12.1 Å². The number of hydrogen-bond acceptors (Lipinski definition) is 6. The summed E-state index contributed by atoms with van der Waals surface area (Å²) in [5.74, 6) is -1.11. The highest BCUT2D eigenvalue weighted by atomic mass is 35.5. The largest absolute Gasteiger partial charge is 0.479 e. The molecule has 0 aliphatic rings. The van der Waals surface area contributed by atoms with E-state index < -0.39 is 23.6 Å². The van der Waals surface area contributed by atoms with E-state index in [1.807, 2.05) is 0 Å². The Morgan fingerprint density at radius 2 is 1.96 bits per heavy atom. The Labute approximate surface area is 161 Å². The van der Waals surface area contributed by atoms with Crippen molar-refractivity contribution >= 4 is 17.6 Å². The van der Waals surface area contributed by atoms with Crippen molar-refractivity contribution in [2.24, 2.45) is 7.05 Å². The lowest BCUT2D eigenvalue weighted by atomic mass is 10.1. The van der Waals surface area contributed by atoms with Crippen LogP contribution in [0.3, 0.4) is 0 Å². The Bertz CT molecular complexity index is 1040. The molecule has 2 heterocycles. The van der Waals surface area contributed by atoms with Gasteiger partial charge in [-0.1, -0.05) is 16.8 Å². The minimum absolute atomic E-state index is 0.0813. The van der Waals surface area contributed by atoms with Gasteiger partial charge in [0.2, 0.25) is 5.88 Å². The third-order valence-corrected chi connectivity index (χ3v) is 4.23. The number of alkyl halides is 3. The molecule has 11 heteroatoms. The van der Waals surface area contributed by atoms with Crippen LogP contribution in [-0.4, -0.2) is 35.1 Å². The lowest BCUT2D eigenvalue weighted by molar-refractivity contribution is -0.138. The van der Waals surface area contributed by atoms with Gasteiger partial charge in [0.05, 0.1) is 24.8 Å². The first kappa shape index (κ1) is 19.7. The van der Waals surface area contributed by atoms with E-state index in [1.54, 1.807) is 0 Å². The normalized spacial score (nSPS) is 11.5. The molecule has 0 fully saturated rings. The highest BCUT2D eigenvalue weighted by Crippen LogP contribution is 2.42. The van der Waals surface area contributed by atoms with Crippen LogP contribution < -0.4 is 4.74 Å².